The number of amides is 1. The van der Waals surface area contributed by atoms with E-state index < -0.39 is 0 Å². The molecule has 1 N–H and O–H groups in total. The van der Waals surface area contributed by atoms with Crippen molar-refractivity contribution in [3.8, 4) is 11.1 Å². The molecular weight excluding hydrogens is 386 g/mol. The molecule has 0 radical (unpaired) electrons. The summed E-state index contributed by atoms with van der Waals surface area (Å²) in [4.78, 5) is 20.5. The molecule has 0 aromatic carbocycles. The molecule has 2 aromatic heterocycles. The van der Waals surface area contributed by atoms with Crippen molar-refractivity contribution in [1.29, 1.82) is 0 Å². The standard InChI is InChI=1S/C25H37N5O/c1-8-18(4)28-24(31)22-19(5)21(20-14-27-30(16-20)17(2)3)15-26-23(22)29-12-9-10-25(6,7)11-13-29/h8,14-17H,9-13H2,1-7H3,(H,28,31)/b18-8+. The second kappa shape index (κ2) is 9.25. The molecule has 1 amide bonds. The molecule has 0 spiro atoms. The van der Waals surface area contributed by atoms with Crippen LogP contribution in [0.4, 0.5) is 5.82 Å². The molecule has 6 heteroatoms. The van der Waals surface area contributed by atoms with Gasteiger partial charge in [-0.2, -0.15) is 5.10 Å². The van der Waals surface area contributed by atoms with E-state index in [2.05, 4.69) is 43.0 Å². The number of hydrogen-bond donors (Lipinski definition) is 1. The van der Waals surface area contributed by atoms with Crippen molar-refractivity contribution in [2.24, 2.45) is 5.41 Å². The molecule has 3 rings (SSSR count). The maximum absolute atomic E-state index is 13.4. The molecule has 1 fully saturated rings. The summed E-state index contributed by atoms with van der Waals surface area (Å²) in [5.41, 5.74) is 4.70. The number of allylic oxidation sites excluding steroid dienone is 2. The van der Waals surface area contributed by atoms with Crippen molar-refractivity contribution >= 4 is 11.7 Å². The molecular formula is C25H37N5O. The molecule has 0 aliphatic carbocycles. The predicted octanol–water partition coefficient (Wildman–Crippen LogP) is 5.50. The van der Waals surface area contributed by atoms with Gasteiger partial charge in [-0.1, -0.05) is 19.9 Å². The summed E-state index contributed by atoms with van der Waals surface area (Å²) in [5, 5.41) is 7.51. The molecule has 31 heavy (non-hydrogen) atoms. The average Bonchev–Trinajstić information content (AvgIpc) is 3.13. The highest BCUT2D eigenvalue weighted by Crippen LogP contribution is 2.35. The number of anilines is 1. The summed E-state index contributed by atoms with van der Waals surface area (Å²) in [6.45, 7) is 16.5. The lowest BCUT2D eigenvalue weighted by Gasteiger charge is -2.27. The Labute approximate surface area is 186 Å². The maximum Gasteiger partial charge on any atom is 0.259 e. The molecule has 6 nitrogen and oxygen atoms in total. The van der Waals surface area contributed by atoms with Crippen LogP contribution < -0.4 is 10.2 Å². The van der Waals surface area contributed by atoms with Crippen molar-refractivity contribution in [1.82, 2.24) is 20.1 Å². The molecule has 1 aliphatic heterocycles. The van der Waals surface area contributed by atoms with Gasteiger partial charge in [-0.3, -0.25) is 9.48 Å². The van der Waals surface area contributed by atoms with E-state index in [9.17, 15) is 4.79 Å². The Hall–Kier alpha value is -2.63. The third-order valence-electron chi connectivity index (χ3n) is 6.37. The molecule has 1 aliphatic rings. The van der Waals surface area contributed by atoms with E-state index in [1.165, 1.54) is 6.42 Å². The monoisotopic (exact) mass is 423 g/mol. The first-order valence-corrected chi connectivity index (χ1v) is 11.4. The largest absolute Gasteiger partial charge is 0.356 e. The molecule has 168 valence electrons. The van der Waals surface area contributed by atoms with Crippen LogP contribution in [0.25, 0.3) is 11.1 Å². The summed E-state index contributed by atoms with van der Waals surface area (Å²) in [7, 11) is 0. The Bertz CT molecular complexity index is 970. The van der Waals surface area contributed by atoms with Crippen molar-refractivity contribution < 1.29 is 4.79 Å². The van der Waals surface area contributed by atoms with Gasteiger partial charge in [-0.15, -0.1) is 0 Å². The topological polar surface area (TPSA) is 63.1 Å². The lowest BCUT2D eigenvalue weighted by Crippen LogP contribution is -2.31. The molecule has 3 heterocycles. The fraction of sp³-hybridized carbons (Fsp3) is 0.560. The van der Waals surface area contributed by atoms with Gasteiger partial charge in [0.2, 0.25) is 0 Å². The van der Waals surface area contributed by atoms with Crippen LogP contribution in [-0.2, 0) is 0 Å². The Morgan fingerprint density at radius 3 is 2.61 bits per heavy atom. The Morgan fingerprint density at radius 1 is 1.23 bits per heavy atom. The third-order valence-corrected chi connectivity index (χ3v) is 6.37. The fourth-order valence-electron chi connectivity index (χ4n) is 4.10. The second-order valence-electron chi connectivity index (χ2n) is 9.73. The van der Waals surface area contributed by atoms with Crippen molar-refractivity contribution in [2.75, 3.05) is 18.0 Å². The van der Waals surface area contributed by atoms with Crippen molar-refractivity contribution in [2.45, 2.75) is 73.8 Å². The highest BCUT2D eigenvalue weighted by Gasteiger charge is 2.28. The minimum Gasteiger partial charge on any atom is -0.356 e. The highest BCUT2D eigenvalue weighted by atomic mass is 16.1. The van der Waals surface area contributed by atoms with E-state index in [1.807, 2.05) is 50.1 Å². The minimum absolute atomic E-state index is 0.0998. The summed E-state index contributed by atoms with van der Waals surface area (Å²) in [6.07, 6.45) is 11.1. The Kier molecular flexibility index (Phi) is 6.87. The first kappa shape index (κ1) is 23.0. The molecule has 2 aromatic rings. The zero-order valence-corrected chi connectivity index (χ0v) is 20.1. The first-order chi connectivity index (χ1) is 14.6. The smallest absolute Gasteiger partial charge is 0.259 e. The van der Waals surface area contributed by atoms with Gasteiger partial charge in [0.25, 0.3) is 5.91 Å². The van der Waals surface area contributed by atoms with Crippen LogP contribution in [0.1, 0.15) is 82.8 Å². The second-order valence-corrected chi connectivity index (χ2v) is 9.73. The number of hydrogen-bond acceptors (Lipinski definition) is 4. The first-order valence-electron chi connectivity index (χ1n) is 11.4. The molecule has 0 atom stereocenters. The molecule has 0 bridgehead atoms. The van der Waals surface area contributed by atoms with E-state index >= 15 is 0 Å². The van der Waals surface area contributed by atoms with Gasteiger partial charge in [0, 0.05) is 48.3 Å². The van der Waals surface area contributed by atoms with Gasteiger partial charge in [-0.05, 0) is 64.9 Å². The van der Waals surface area contributed by atoms with E-state index in [0.717, 1.165) is 54.1 Å². The number of carbonyl (C=O) groups excluding carboxylic acids is 1. The quantitative estimate of drug-likeness (QED) is 0.689. The number of nitrogens with zero attached hydrogens (tertiary/aromatic N) is 4. The number of aromatic nitrogens is 3. The van der Waals surface area contributed by atoms with Crippen LogP contribution in [0.3, 0.4) is 0 Å². The maximum atomic E-state index is 13.4. The summed E-state index contributed by atoms with van der Waals surface area (Å²) in [6, 6.07) is 0.279. The normalized spacial score (nSPS) is 17.0. The minimum atomic E-state index is -0.0998. The molecule has 1 saturated heterocycles. The zero-order valence-electron chi connectivity index (χ0n) is 20.1. The van der Waals surface area contributed by atoms with E-state index in [0.29, 0.717) is 11.0 Å². The number of nitrogens with one attached hydrogen (secondary N) is 1. The van der Waals surface area contributed by atoms with Crippen molar-refractivity contribution in [3.63, 3.8) is 0 Å². The van der Waals surface area contributed by atoms with Gasteiger partial charge in [0.1, 0.15) is 5.82 Å². The van der Waals surface area contributed by atoms with Gasteiger partial charge in [0.15, 0.2) is 0 Å². The summed E-state index contributed by atoms with van der Waals surface area (Å²) in [5.74, 6) is 0.689. The van der Waals surface area contributed by atoms with Gasteiger partial charge in [-0.25, -0.2) is 4.98 Å². The Morgan fingerprint density at radius 2 is 1.97 bits per heavy atom. The van der Waals surface area contributed by atoms with Crippen LogP contribution in [0.2, 0.25) is 0 Å². The van der Waals surface area contributed by atoms with Crippen LogP contribution in [0.5, 0.6) is 0 Å². The SMILES string of the molecule is C/C=C(\C)NC(=O)c1c(N2CCCC(C)(C)CC2)ncc(-c2cnn(C(C)C)c2)c1C. The third kappa shape index (κ3) is 5.17. The highest BCUT2D eigenvalue weighted by molar-refractivity contribution is 6.02. The molecule has 0 unspecified atom stereocenters. The zero-order chi connectivity index (χ0) is 22.8. The van der Waals surface area contributed by atoms with Crippen molar-refractivity contribution in [3.05, 3.63) is 41.5 Å². The Balaban J connectivity index is 2.07. The van der Waals surface area contributed by atoms with Gasteiger partial charge in [0.05, 0.1) is 11.8 Å². The number of carbonyl (C=O) groups is 1. The van der Waals surface area contributed by atoms with Crippen LogP contribution >= 0.6 is 0 Å². The van der Waals surface area contributed by atoms with Crippen LogP contribution in [-0.4, -0.2) is 33.8 Å². The van der Waals surface area contributed by atoms with Gasteiger partial charge >= 0.3 is 0 Å². The fourth-order valence-corrected chi connectivity index (χ4v) is 4.10. The lowest BCUT2D eigenvalue weighted by atomic mass is 9.85. The van der Waals surface area contributed by atoms with Gasteiger partial charge < -0.3 is 10.2 Å². The lowest BCUT2D eigenvalue weighted by molar-refractivity contribution is 0.0965. The number of pyridine rings is 1. The van der Waals surface area contributed by atoms with E-state index in [1.54, 1.807) is 0 Å². The van der Waals surface area contributed by atoms with E-state index in [-0.39, 0.29) is 11.9 Å². The van der Waals surface area contributed by atoms with E-state index in [4.69, 9.17) is 4.98 Å². The average molecular weight is 424 g/mol. The summed E-state index contributed by atoms with van der Waals surface area (Å²) >= 11 is 0. The van der Waals surface area contributed by atoms with Crippen LogP contribution in [0.15, 0.2) is 30.4 Å². The number of rotatable bonds is 5. The van der Waals surface area contributed by atoms with Crippen LogP contribution in [0, 0.1) is 12.3 Å². The predicted molar refractivity (Wildman–Crippen MR) is 127 cm³/mol. The summed E-state index contributed by atoms with van der Waals surface area (Å²) < 4.78 is 1.93. The molecule has 0 saturated carbocycles.